The summed E-state index contributed by atoms with van der Waals surface area (Å²) in [5.41, 5.74) is 0.466. The van der Waals surface area contributed by atoms with Crippen LogP contribution in [0.4, 0.5) is 5.69 Å². The molecule has 8 heteroatoms. The van der Waals surface area contributed by atoms with E-state index in [1.54, 1.807) is 17.8 Å². The average Bonchev–Trinajstić information content (AvgIpc) is 2.46. The number of nitrogens with zero attached hydrogens (tertiary/aromatic N) is 2. The zero-order valence-electron chi connectivity index (χ0n) is 12.0. The van der Waals surface area contributed by atoms with Crippen molar-refractivity contribution in [2.24, 2.45) is 0 Å². The SMILES string of the molecule is Cc1c(C(=O)N2CCSCC2CC(=O)O)cccc1[N+](=O)[O-]. The minimum absolute atomic E-state index is 0.105. The summed E-state index contributed by atoms with van der Waals surface area (Å²) in [6.07, 6.45) is -0.118. The van der Waals surface area contributed by atoms with Crippen LogP contribution in [-0.2, 0) is 4.79 Å². The average molecular weight is 324 g/mol. The van der Waals surface area contributed by atoms with Gasteiger partial charge in [-0.3, -0.25) is 19.7 Å². The topological polar surface area (TPSA) is 101 Å². The van der Waals surface area contributed by atoms with Crippen LogP contribution in [0, 0.1) is 17.0 Å². The molecule has 1 amide bonds. The van der Waals surface area contributed by atoms with Crippen LogP contribution in [-0.4, -0.2) is 50.9 Å². The van der Waals surface area contributed by atoms with Crippen molar-refractivity contribution in [1.82, 2.24) is 4.90 Å². The molecule has 0 radical (unpaired) electrons. The second-order valence-corrected chi connectivity index (χ2v) is 6.18. The molecule has 1 atom stereocenters. The van der Waals surface area contributed by atoms with Gasteiger partial charge in [-0.25, -0.2) is 0 Å². The van der Waals surface area contributed by atoms with Crippen LogP contribution < -0.4 is 0 Å². The van der Waals surface area contributed by atoms with E-state index in [2.05, 4.69) is 0 Å². The molecule has 22 heavy (non-hydrogen) atoms. The Hall–Kier alpha value is -2.09. The lowest BCUT2D eigenvalue weighted by Gasteiger charge is -2.35. The highest BCUT2D eigenvalue weighted by Gasteiger charge is 2.31. The number of benzene rings is 1. The van der Waals surface area contributed by atoms with Gasteiger partial charge >= 0.3 is 5.97 Å². The molecule has 0 spiro atoms. The highest BCUT2D eigenvalue weighted by molar-refractivity contribution is 7.99. The molecule has 0 aromatic heterocycles. The predicted octanol–water partition coefficient (Wildman–Crippen LogP) is 1.94. The van der Waals surface area contributed by atoms with Gasteiger partial charge in [0.2, 0.25) is 0 Å². The van der Waals surface area contributed by atoms with Crippen molar-refractivity contribution >= 4 is 29.3 Å². The number of thioether (sulfide) groups is 1. The molecule has 1 N–H and O–H groups in total. The quantitative estimate of drug-likeness (QED) is 0.671. The fourth-order valence-electron chi connectivity index (χ4n) is 2.50. The lowest BCUT2D eigenvalue weighted by atomic mass is 10.0. The van der Waals surface area contributed by atoms with Gasteiger partial charge in [0.05, 0.1) is 17.4 Å². The minimum Gasteiger partial charge on any atom is -0.481 e. The maximum absolute atomic E-state index is 12.7. The van der Waals surface area contributed by atoms with E-state index in [4.69, 9.17) is 5.11 Å². The number of rotatable bonds is 4. The smallest absolute Gasteiger partial charge is 0.305 e. The summed E-state index contributed by atoms with van der Waals surface area (Å²) in [7, 11) is 0. The third-order valence-corrected chi connectivity index (χ3v) is 4.72. The van der Waals surface area contributed by atoms with Crippen molar-refractivity contribution in [3.8, 4) is 0 Å². The standard InChI is InChI=1S/C14H16N2O5S/c1-9-11(3-2-4-12(9)16(20)21)14(19)15-5-6-22-8-10(15)7-13(17)18/h2-4,10H,5-8H2,1H3,(H,17,18). The Morgan fingerprint density at radius 1 is 1.50 bits per heavy atom. The van der Waals surface area contributed by atoms with Gasteiger partial charge in [0.25, 0.3) is 11.6 Å². The van der Waals surface area contributed by atoms with Crippen LogP contribution in [0.15, 0.2) is 18.2 Å². The van der Waals surface area contributed by atoms with Crippen molar-refractivity contribution in [3.05, 3.63) is 39.4 Å². The molecule has 1 aromatic rings. The molecule has 0 aliphatic carbocycles. The summed E-state index contributed by atoms with van der Waals surface area (Å²) < 4.78 is 0. The Labute approximate surface area is 131 Å². The van der Waals surface area contributed by atoms with Crippen LogP contribution in [0.25, 0.3) is 0 Å². The molecule has 7 nitrogen and oxygen atoms in total. The van der Waals surface area contributed by atoms with Gasteiger partial charge in [-0.15, -0.1) is 0 Å². The maximum Gasteiger partial charge on any atom is 0.305 e. The number of carbonyl (C=O) groups excluding carboxylic acids is 1. The van der Waals surface area contributed by atoms with E-state index in [-0.39, 0.29) is 29.6 Å². The van der Waals surface area contributed by atoms with Gasteiger partial charge in [0.1, 0.15) is 0 Å². The third-order valence-electron chi connectivity index (χ3n) is 3.63. The first kappa shape index (κ1) is 16.3. The number of carboxylic acids is 1. The molecule has 1 aliphatic rings. The van der Waals surface area contributed by atoms with Crippen molar-refractivity contribution in [2.75, 3.05) is 18.1 Å². The van der Waals surface area contributed by atoms with Crippen LogP contribution in [0.3, 0.4) is 0 Å². The van der Waals surface area contributed by atoms with Crippen molar-refractivity contribution < 1.29 is 19.6 Å². The van der Waals surface area contributed by atoms with E-state index in [1.165, 1.54) is 24.0 Å². The largest absolute Gasteiger partial charge is 0.481 e. The fraction of sp³-hybridized carbons (Fsp3) is 0.429. The van der Waals surface area contributed by atoms with Crippen molar-refractivity contribution in [1.29, 1.82) is 0 Å². The number of carboxylic acid groups (broad SMARTS) is 1. The molecule has 2 rings (SSSR count). The highest BCUT2D eigenvalue weighted by Crippen LogP contribution is 2.26. The molecule has 0 saturated carbocycles. The monoisotopic (exact) mass is 324 g/mol. The molecule has 1 heterocycles. The van der Waals surface area contributed by atoms with Crippen LogP contribution >= 0.6 is 11.8 Å². The molecular formula is C14H16N2O5S. The number of carbonyl (C=O) groups is 2. The first-order chi connectivity index (χ1) is 10.4. The molecule has 1 unspecified atom stereocenters. The molecule has 118 valence electrons. The van der Waals surface area contributed by atoms with Gasteiger partial charge in [-0.05, 0) is 13.0 Å². The van der Waals surface area contributed by atoms with E-state index < -0.39 is 10.9 Å². The molecule has 1 saturated heterocycles. The summed E-state index contributed by atoms with van der Waals surface area (Å²) in [6, 6.07) is 3.99. The van der Waals surface area contributed by atoms with E-state index in [9.17, 15) is 19.7 Å². The van der Waals surface area contributed by atoms with E-state index >= 15 is 0 Å². The lowest BCUT2D eigenvalue weighted by Crippen LogP contribution is -2.47. The zero-order valence-corrected chi connectivity index (χ0v) is 12.8. The fourth-order valence-corrected chi connectivity index (χ4v) is 3.56. The summed E-state index contributed by atoms with van der Waals surface area (Å²) in [4.78, 5) is 35.6. The van der Waals surface area contributed by atoms with Crippen molar-refractivity contribution in [2.45, 2.75) is 19.4 Å². The van der Waals surface area contributed by atoms with Crippen LogP contribution in [0.1, 0.15) is 22.3 Å². The second kappa shape index (κ2) is 6.78. The maximum atomic E-state index is 12.7. The number of hydrogen-bond acceptors (Lipinski definition) is 5. The molecule has 0 bridgehead atoms. The number of nitro groups is 1. The highest BCUT2D eigenvalue weighted by atomic mass is 32.2. The lowest BCUT2D eigenvalue weighted by molar-refractivity contribution is -0.385. The molecule has 1 aliphatic heterocycles. The Morgan fingerprint density at radius 2 is 2.23 bits per heavy atom. The van der Waals surface area contributed by atoms with Crippen LogP contribution in [0.2, 0.25) is 0 Å². The van der Waals surface area contributed by atoms with Gasteiger partial charge in [-0.2, -0.15) is 11.8 Å². The number of nitro benzene ring substituents is 1. The Balaban J connectivity index is 2.31. The van der Waals surface area contributed by atoms with E-state index in [1.807, 2.05) is 0 Å². The van der Waals surface area contributed by atoms with Crippen LogP contribution in [0.5, 0.6) is 0 Å². The summed E-state index contributed by atoms with van der Waals surface area (Å²) in [5, 5.41) is 20.0. The first-order valence-electron chi connectivity index (χ1n) is 6.76. The number of aliphatic carboxylic acids is 1. The normalized spacial score (nSPS) is 18.0. The van der Waals surface area contributed by atoms with Gasteiger partial charge in [0.15, 0.2) is 0 Å². The summed E-state index contributed by atoms with van der Waals surface area (Å²) in [5.74, 6) is -0.00389. The molecular weight excluding hydrogens is 308 g/mol. The third kappa shape index (κ3) is 3.38. The molecule has 1 aromatic carbocycles. The van der Waals surface area contributed by atoms with Crippen molar-refractivity contribution in [3.63, 3.8) is 0 Å². The summed E-state index contributed by atoms with van der Waals surface area (Å²) in [6.45, 7) is 1.99. The Bertz CT molecular complexity index is 619. The minimum atomic E-state index is -0.957. The second-order valence-electron chi connectivity index (χ2n) is 5.03. The molecule has 1 fully saturated rings. The van der Waals surface area contributed by atoms with Gasteiger partial charge in [-0.1, -0.05) is 6.07 Å². The van der Waals surface area contributed by atoms with E-state index in [0.717, 1.165) is 5.75 Å². The number of amides is 1. The van der Waals surface area contributed by atoms with Gasteiger partial charge < -0.3 is 10.0 Å². The number of hydrogen-bond donors (Lipinski definition) is 1. The predicted molar refractivity (Wildman–Crippen MR) is 82.2 cm³/mol. The Kier molecular flexibility index (Phi) is 5.02. The summed E-state index contributed by atoms with van der Waals surface area (Å²) >= 11 is 1.61. The first-order valence-corrected chi connectivity index (χ1v) is 7.91. The van der Waals surface area contributed by atoms with E-state index in [0.29, 0.717) is 17.9 Å². The zero-order chi connectivity index (χ0) is 16.3. The Morgan fingerprint density at radius 3 is 2.86 bits per heavy atom. The van der Waals surface area contributed by atoms with Gasteiger partial charge in [0, 0.05) is 35.2 Å².